The molecule has 1 aromatic heterocycles. The first-order valence-electron chi connectivity index (χ1n) is 11.4. The molecule has 172 valence electrons. The number of likely N-dealkylation sites (tertiary alicyclic amines) is 1. The summed E-state index contributed by atoms with van der Waals surface area (Å²) < 4.78 is 10.8. The number of rotatable bonds is 8. The van der Waals surface area contributed by atoms with Gasteiger partial charge in [0.25, 0.3) is 5.91 Å². The smallest absolute Gasteiger partial charge is 0.255 e. The lowest BCUT2D eigenvalue weighted by Crippen LogP contribution is -2.43. The molecule has 6 nitrogen and oxygen atoms in total. The molecule has 1 aliphatic rings. The maximum atomic E-state index is 13.2. The van der Waals surface area contributed by atoms with Crippen molar-refractivity contribution in [2.75, 3.05) is 27.3 Å². The number of hydrogen-bond acceptors (Lipinski definition) is 5. The predicted molar refractivity (Wildman–Crippen MR) is 128 cm³/mol. The summed E-state index contributed by atoms with van der Waals surface area (Å²) in [5, 5.41) is 3.27. The van der Waals surface area contributed by atoms with E-state index in [9.17, 15) is 4.79 Å². The van der Waals surface area contributed by atoms with Crippen LogP contribution in [0.1, 0.15) is 40.5 Å². The molecule has 1 aliphatic heterocycles. The third kappa shape index (κ3) is 5.71. The summed E-state index contributed by atoms with van der Waals surface area (Å²) in [7, 11) is 3.28. The minimum atomic E-state index is -0.184. The molecule has 0 saturated carbocycles. The van der Waals surface area contributed by atoms with E-state index in [1.807, 2.05) is 42.5 Å². The van der Waals surface area contributed by atoms with Gasteiger partial charge in [-0.1, -0.05) is 30.3 Å². The zero-order valence-corrected chi connectivity index (χ0v) is 19.2. The average molecular weight is 446 g/mol. The highest BCUT2D eigenvalue weighted by atomic mass is 16.5. The number of hydrogen-bond donors (Lipinski definition) is 1. The Labute approximate surface area is 195 Å². The molecule has 3 aromatic rings. The molecule has 0 radical (unpaired) electrons. The number of amides is 1. The van der Waals surface area contributed by atoms with Gasteiger partial charge in [0.15, 0.2) is 0 Å². The molecule has 1 N–H and O–H groups in total. The number of carbonyl (C=O) groups is 1. The van der Waals surface area contributed by atoms with Gasteiger partial charge in [-0.2, -0.15) is 0 Å². The Hall–Kier alpha value is -3.38. The molecule has 2 heterocycles. The van der Waals surface area contributed by atoms with Crippen LogP contribution in [0, 0.1) is 5.92 Å². The van der Waals surface area contributed by atoms with Gasteiger partial charge in [-0.15, -0.1) is 0 Å². The van der Waals surface area contributed by atoms with Gasteiger partial charge in [-0.05, 0) is 67.3 Å². The predicted octanol–water partition coefficient (Wildman–Crippen LogP) is 4.48. The van der Waals surface area contributed by atoms with Crippen LogP contribution < -0.4 is 14.8 Å². The maximum absolute atomic E-state index is 13.2. The van der Waals surface area contributed by atoms with Crippen LogP contribution in [0.5, 0.6) is 11.5 Å². The molecule has 0 aliphatic carbocycles. The van der Waals surface area contributed by atoms with Crippen molar-refractivity contribution >= 4 is 5.91 Å². The second-order valence-electron chi connectivity index (χ2n) is 8.39. The molecule has 33 heavy (non-hydrogen) atoms. The normalized spacial score (nSPS) is 17.2. The number of nitrogens with one attached hydrogen (secondary N) is 1. The zero-order valence-electron chi connectivity index (χ0n) is 19.2. The Morgan fingerprint density at radius 1 is 1.09 bits per heavy atom. The van der Waals surface area contributed by atoms with E-state index in [2.05, 4.69) is 27.3 Å². The lowest BCUT2D eigenvalue weighted by Gasteiger charge is -2.37. The Balaban J connectivity index is 1.53. The Morgan fingerprint density at radius 2 is 1.94 bits per heavy atom. The third-order valence-corrected chi connectivity index (χ3v) is 6.20. The second-order valence-corrected chi connectivity index (χ2v) is 8.39. The van der Waals surface area contributed by atoms with Crippen molar-refractivity contribution in [3.63, 3.8) is 0 Å². The fraction of sp³-hybridized carbons (Fsp3) is 0.333. The lowest BCUT2D eigenvalue weighted by atomic mass is 9.88. The fourth-order valence-corrected chi connectivity index (χ4v) is 4.58. The summed E-state index contributed by atoms with van der Waals surface area (Å²) in [6, 6.07) is 21.2. The molecule has 0 unspecified atom stereocenters. The van der Waals surface area contributed by atoms with Gasteiger partial charge in [0.2, 0.25) is 0 Å². The standard InChI is InChI=1S/C27H31N3O3/c1-32-22-11-7-9-20(17-22)18-30-16-8-10-21(19-30)26(24-13-5-6-15-28-24)29-27(31)23-12-3-4-14-25(23)33-2/h3-7,9,11-15,17,21,26H,8,10,16,18-19H2,1-2H3,(H,29,31)/t21-,26-/m0/s1. The first kappa shape index (κ1) is 22.8. The van der Waals surface area contributed by atoms with Gasteiger partial charge in [0.05, 0.1) is 31.5 Å². The highest BCUT2D eigenvalue weighted by Gasteiger charge is 2.31. The summed E-state index contributed by atoms with van der Waals surface area (Å²) in [6.07, 6.45) is 3.89. The number of ether oxygens (including phenoxy) is 2. The topological polar surface area (TPSA) is 63.7 Å². The minimum Gasteiger partial charge on any atom is -0.497 e. The van der Waals surface area contributed by atoms with E-state index in [-0.39, 0.29) is 17.9 Å². The lowest BCUT2D eigenvalue weighted by molar-refractivity contribution is 0.0872. The highest BCUT2D eigenvalue weighted by molar-refractivity contribution is 5.97. The van der Waals surface area contributed by atoms with Crippen molar-refractivity contribution in [2.24, 2.45) is 5.92 Å². The Morgan fingerprint density at radius 3 is 2.73 bits per heavy atom. The number of methoxy groups -OCH3 is 2. The highest BCUT2D eigenvalue weighted by Crippen LogP contribution is 2.31. The SMILES string of the molecule is COc1cccc(CN2CCC[C@H]([C@H](NC(=O)c3ccccc3OC)c3ccccn3)C2)c1. The minimum absolute atomic E-state index is 0.145. The first-order chi connectivity index (χ1) is 16.2. The maximum Gasteiger partial charge on any atom is 0.255 e. The van der Waals surface area contributed by atoms with E-state index >= 15 is 0 Å². The summed E-state index contributed by atoms with van der Waals surface area (Å²) in [6.45, 7) is 2.76. The second kappa shape index (κ2) is 11.0. The number of aromatic nitrogens is 1. The molecule has 4 rings (SSSR count). The average Bonchev–Trinajstić information content (AvgIpc) is 2.88. The molecule has 0 bridgehead atoms. The molecular formula is C27H31N3O3. The molecule has 2 aromatic carbocycles. The van der Waals surface area contributed by atoms with E-state index in [4.69, 9.17) is 9.47 Å². The van der Waals surface area contributed by atoms with Crippen molar-refractivity contribution in [3.05, 3.63) is 89.7 Å². The van der Waals surface area contributed by atoms with Gasteiger partial charge in [-0.3, -0.25) is 14.7 Å². The van der Waals surface area contributed by atoms with E-state index in [1.54, 1.807) is 32.5 Å². The van der Waals surface area contributed by atoms with Crippen LogP contribution in [0.15, 0.2) is 72.9 Å². The molecule has 1 fully saturated rings. The Bertz CT molecular complexity index is 1060. The van der Waals surface area contributed by atoms with Crippen LogP contribution >= 0.6 is 0 Å². The number of benzene rings is 2. The summed E-state index contributed by atoms with van der Waals surface area (Å²) in [5.74, 6) is 1.54. The van der Waals surface area contributed by atoms with Crippen LogP contribution in [0.4, 0.5) is 0 Å². The quantitative estimate of drug-likeness (QED) is 0.554. The van der Waals surface area contributed by atoms with Crippen LogP contribution in [0.25, 0.3) is 0 Å². The third-order valence-electron chi connectivity index (χ3n) is 6.20. The number of carbonyl (C=O) groups excluding carboxylic acids is 1. The Kier molecular flexibility index (Phi) is 7.58. The fourth-order valence-electron chi connectivity index (χ4n) is 4.58. The number of para-hydroxylation sites is 1. The van der Waals surface area contributed by atoms with Crippen molar-refractivity contribution in [3.8, 4) is 11.5 Å². The molecule has 1 saturated heterocycles. The number of pyridine rings is 1. The van der Waals surface area contributed by atoms with Crippen molar-refractivity contribution in [1.82, 2.24) is 15.2 Å². The largest absolute Gasteiger partial charge is 0.497 e. The monoisotopic (exact) mass is 445 g/mol. The van der Waals surface area contributed by atoms with Crippen molar-refractivity contribution in [2.45, 2.75) is 25.4 Å². The van der Waals surface area contributed by atoms with E-state index in [1.165, 1.54) is 5.56 Å². The van der Waals surface area contributed by atoms with Crippen LogP contribution in [-0.2, 0) is 6.54 Å². The van der Waals surface area contributed by atoms with E-state index in [0.29, 0.717) is 11.3 Å². The summed E-state index contributed by atoms with van der Waals surface area (Å²) in [4.78, 5) is 20.3. The molecule has 1 amide bonds. The van der Waals surface area contributed by atoms with Gasteiger partial charge in [0, 0.05) is 19.3 Å². The molecule has 0 spiro atoms. The summed E-state index contributed by atoms with van der Waals surface area (Å²) >= 11 is 0. The van der Waals surface area contributed by atoms with Crippen LogP contribution in [0.2, 0.25) is 0 Å². The van der Waals surface area contributed by atoms with Crippen LogP contribution in [-0.4, -0.2) is 43.1 Å². The van der Waals surface area contributed by atoms with Gasteiger partial charge in [-0.25, -0.2) is 0 Å². The molecular weight excluding hydrogens is 414 g/mol. The zero-order chi connectivity index (χ0) is 23.0. The van der Waals surface area contributed by atoms with Crippen molar-refractivity contribution < 1.29 is 14.3 Å². The number of piperidine rings is 1. The van der Waals surface area contributed by atoms with Crippen LogP contribution in [0.3, 0.4) is 0 Å². The summed E-state index contributed by atoms with van der Waals surface area (Å²) in [5.41, 5.74) is 2.64. The van der Waals surface area contributed by atoms with Gasteiger partial charge < -0.3 is 14.8 Å². The molecule has 6 heteroatoms. The number of nitrogens with zero attached hydrogens (tertiary/aromatic N) is 2. The van der Waals surface area contributed by atoms with Gasteiger partial charge >= 0.3 is 0 Å². The van der Waals surface area contributed by atoms with Crippen molar-refractivity contribution in [1.29, 1.82) is 0 Å². The first-order valence-corrected chi connectivity index (χ1v) is 11.4. The van der Waals surface area contributed by atoms with E-state index in [0.717, 1.165) is 43.9 Å². The van der Waals surface area contributed by atoms with E-state index < -0.39 is 0 Å². The van der Waals surface area contributed by atoms with Gasteiger partial charge in [0.1, 0.15) is 11.5 Å². The molecule has 2 atom stereocenters.